The number of rotatable bonds is 6. The van der Waals surface area contributed by atoms with Gasteiger partial charge in [-0.1, -0.05) is 152 Å². The van der Waals surface area contributed by atoms with Crippen molar-refractivity contribution < 1.29 is 0 Å². The molecule has 57 heavy (non-hydrogen) atoms. The highest BCUT2D eigenvalue weighted by molar-refractivity contribution is 7.25. The van der Waals surface area contributed by atoms with E-state index in [1.165, 1.54) is 53.8 Å². The predicted octanol–water partition coefficient (Wildman–Crippen LogP) is 13.3. The smallest absolute Gasteiger partial charge is 0.164 e. The summed E-state index contributed by atoms with van der Waals surface area (Å²) < 4.78 is 2.63. The SMILES string of the molecule is C1=CC2=C(CC1)N(c1ccc(-c3nc(-c4ccccc4)nc(-c4ccccc4)n3)cc1)c1ccccc1C2(c1ccccc1)c1ccc2c(c1)sc1ccccc12. The zero-order chi connectivity index (χ0) is 37.8. The van der Waals surface area contributed by atoms with Gasteiger partial charge in [0.05, 0.1) is 11.1 Å². The van der Waals surface area contributed by atoms with E-state index in [1.807, 2.05) is 72.0 Å². The maximum atomic E-state index is 5.01. The average molecular weight is 749 g/mol. The van der Waals surface area contributed by atoms with E-state index in [0.29, 0.717) is 17.5 Å². The van der Waals surface area contributed by atoms with Crippen molar-refractivity contribution in [3.8, 4) is 34.2 Å². The summed E-state index contributed by atoms with van der Waals surface area (Å²) in [6.45, 7) is 0. The Bertz CT molecular complexity index is 2950. The van der Waals surface area contributed by atoms with E-state index in [4.69, 9.17) is 15.0 Å². The molecular formula is C52H36N4S. The second kappa shape index (κ2) is 13.7. The lowest BCUT2D eigenvalue weighted by molar-refractivity contribution is 0.688. The lowest BCUT2D eigenvalue weighted by Gasteiger charge is -2.48. The van der Waals surface area contributed by atoms with Gasteiger partial charge in [0.25, 0.3) is 0 Å². The Morgan fingerprint density at radius 2 is 1.07 bits per heavy atom. The fourth-order valence-corrected chi connectivity index (χ4v) is 10.1. The second-order valence-electron chi connectivity index (χ2n) is 14.7. The molecule has 2 aliphatic rings. The van der Waals surface area contributed by atoms with E-state index < -0.39 is 5.41 Å². The van der Waals surface area contributed by atoms with Gasteiger partial charge in [-0.05, 0) is 77.6 Å². The maximum absolute atomic E-state index is 5.01. The van der Waals surface area contributed by atoms with Crippen LogP contribution in [0.4, 0.5) is 11.4 Å². The molecule has 1 aliphatic carbocycles. The quantitative estimate of drug-likeness (QED) is 0.170. The van der Waals surface area contributed by atoms with Crippen LogP contribution in [0.15, 0.2) is 205 Å². The minimum Gasteiger partial charge on any atom is -0.314 e. The first-order chi connectivity index (χ1) is 28.3. The van der Waals surface area contributed by atoms with Gasteiger partial charge < -0.3 is 4.90 Å². The Labute approximate surface area is 335 Å². The van der Waals surface area contributed by atoms with Crippen molar-refractivity contribution in [3.05, 3.63) is 222 Å². The van der Waals surface area contributed by atoms with Crippen molar-refractivity contribution in [3.63, 3.8) is 0 Å². The molecule has 0 amide bonds. The number of allylic oxidation sites excluding steroid dienone is 4. The molecule has 11 rings (SSSR count). The standard InChI is InChI=1S/C52H36N4S/c1-4-16-35(17-5-1)49-53-50(36-18-6-2-7-19-36)55-51(54-49)37-28-31-40(32-29-37)56-45-25-13-11-23-43(45)52(38-20-8-3-9-21-38,44-24-12-14-26-46(44)56)39-30-33-42-41-22-10-15-27-47(41)57-48(42)34-39/h1-13,15-25,27-34H,14,26H2. The number of anilines is 2. The molecule has 270 valence electrons. The summed E-state index contributed by atoms with van der Waals surface area (Å²) in [6.07, 6.45) is 6.67. The normalized spacial score (nSPS) is 16.2. The Hall–Kier alpha value is -6.95. The number of aromatic nitrogens is 3. The Balaban J connectivity index is 1.08. The molecule has 0 bridgehead atoms. The average Bonchev–Trinajstić information content (AvgIpc) is 3.67. The molecule has 0 spiro atoms. The highest BCUT2D eigenvalue weighted by Gasteiger charge is 2.47. The molecule has 0 saturated carbocycles. The third-order valence-electron chi connectivity index (χ3n) is 11.5. The number of benzene rings is 7. The van der Waals surface area contributed by atoms with Gasteiger partial charge in [-0.3, -0.25) is 0 Å². The summed E-state index contributed by atoms with van der Waals surface area (Å²) in [6, 6.07) is 65.1. The molecule has 0 radical (unpaired) electrons. The molecule has 9 aromatic rings. The molecule has 1 unspecified atom stereocenters. The van der Waals surface area contributed by atoms with Crippen LogP contribution in [-0.2, 0) is 5.41 Å². The monoisotopic (exact) mass is 748 g/mol. The molecule has 1 atom stereocenters. The van der Waals surface area contributed by atoms with Gasteiger partial charge in [0, 0.05) is 48.2 Å². The number of fused-ring (bicyclic) bond motifs is 4. The molecule has 4 nitrogen and oxygen atoms in total. The summed E-state index contributed by atoms with van der Waals surface area (Å²) in [5.74, 6) is 1.96. The van der Waals surface area contributed by atoms with Crippen LogP contribution in [0.25, 0.3) is 54.3 Å². The Morgan fingerprint density at radius 1 is 0.491 bits per heavy atom. The maximum Gasteiger partial charge on any atom is 0.164 e. The fourth-order valence-electron chi connectivity index (χ4n) is 8.93. The number of hydrogen-bond acceptors (Lipinski definition) is 5. The van der Waals surface area contributed by atoms with Crippen LogP contribution in [0.1, 0.15) is 29.5 Å². The molecule has 0 saturated heterocycles. The van der Waals surface area contributed by atoms with Gasteiger partial charge in [-0.15, -0.1) is 11.3 Å². The molecule has 7 aromatic carbocycles. The van der Waals surface area contributed by atoms with Crippen LogP contribution in [0.3, 0.4) is 0 Å². The summed E-state index contributed by atoms with van der Waals surface area (Å²) in [5, 5.41) is 2.63. The Kier molecular flexibility index (Phi) is 8.00. The van der Waals surface area contributed by atoms with Crippen molar-refractivity contribution >= 4 is 42.9 Å². The number of hydrogen-bond donors (Lipinski definition) is 0. The summed E-state index contributed by atoms with van der Waals surface area (Å²) in [4.78, 5) is 17.4. The third kappa shape index (κ3) is 5.46. The van der Waals surface area contributed by atoms with Gasteiger partial charge in [0.1, 0.15) is 0 Å². The van der Waals surface area contributed by atoms with Gasteiger partial charge >= 0.3 is 0 Å². The highest BCUT2D eigenvalue weighted by atomic mass is 32.1. The van der Waals surface area contributed by atoms with Crippen LogP contribution in [0.5, 0.6) is 0 Å². The van der Waals surface area contributed by atoms with Crippen molar-refractivity contribution in [2.24, 2.45) is 0 Å². The van der Waals surface area contributed by atoms with Gasteiger partial charge in [-0.2, -0.15) is 0 Å². The van der Waals surface area contributed by atoms with Crippen LogP contribution in [-0.4, -0.2) is 15.0 Å². The number of thiophene rings is 1. The van der Waals surface area contributed by atoms with Crippen molar-refractivity contribution in [2.75, 3.05) is 4.90 Å². The van der Waals surface area contributed by atoms with E-state index >= 15 is 0 Å². The van der Waals surface area contributed by atoms with E-state index in [0.717, 1.165) is 35.2 Å². The number of para-hydroxylation sites is 1. The van der Waals surface area contributed by atoms with Gasteiger partial charge in [0.2, 0.25) is 0 Å². The highest BCUT2D eigenvalue weighted by Crippen LogP contribution is 2.57. The zero-order valence-electron chi connectivity index (χ0n) is 31.1. The molecule has 3 heterocycles. The predicted molar refractivity (Wildman–Crippen MR) is 236 cm³/mol. The summed E-state index contributed by atoms with van der Waals surface area (Å²) >= 11 is 1.88. The molecule has 0 N–H and O–H groups in total. The van der Waals surface area contributed by atoms with Crippen LogP contribution in [0.2, 0.25) is 0 Å². The molecule has 2 aromatic heterocycles. The first kappa shape index (κ1) is 33.4. The molecule has 0 fully saturated rings. The van der Waals surface area contributed by atoms with Crippen LogP contribution in [0, 0.1) is 0 Å². The minimum absolute atomic E-state index is 0.516. The third-order valence-corrected chi connectivity index (χ3v) is 12.6. The molecule has 1 aliphatic heterocycles. The topological polar surface area (TPSA) is 41.9 Å². The number of nitrogens with zero attached hydrogens (tertiary/aromatic N) is 4. The van der Waals surface area contributed by atoms with E-state index in [2.05, 4.69) is 138 Å². The van der Waals surface area contributed by atoms with Gasteiger partial charge in [-0.25, -0.2) is 15.0 Å². The minimum atomic E-state index is -0.516. The fraction of sp³-hybridized carbons (Fsp3) is 0.0577. The molecule has 5 heteroatoms. The van der Waals surface area contributed by atoms with Crippen molar-refractivity contribution in [2.45, 2.75) is 18.3 Å². The largest absolute Gasteiger partial charge is 0.314 e. The summed E-state index contributed by atoms with van der Waals surface area (Å²) in [7, 11) is 0. The van der Waals surface area contributed by atoms with Crippen LogP contribution < -0.4 is 4.90 Å². The lowest BCUT2D eigenvalue weighted by Crippen LogP contribution is -2.40. The van der Waals surface area contributed by atoms with E-state index in [9.17, 15) is 0 Å². The Morgan fingerprint density at radius 3 is 1.77 bits per heavy atom. The van der Waals surface area contributed by atoms with E-state index in [-0.39, 0.29) is 0 Å². The van der Waals surface area contributed by atoms with E-state index in [1.54, 1.807) is 0 Å². The molecular weight excluding hydrogens is 713 g/mol. The zero-order valence-corrected chi connectivity index (χ0v) is 31.9. The first-order valence-electron chi connectivity index (χ1n) is 19.5. The first-order valence-corrected chi connectivity index (χ1v) is 20.3. The second-order valence-corrected chi connectivity index (χ2v) is 15.7. The van der Waals surface area contributed by atoms with Crippen molar-refractivity contribution in [1.82, 2.24) is 15.0 Å². The lowest BCUT2D eigenvalue weighted by atomic mass is 9.61. The van der Waals surface area contributed by atoms with Crippen LogP contribution >= 0.6 is 11.3 Å². The van der Waals surface area contributed by atoms with Crippen molar-refractivity contribution in [1.29, 1.82) is 0 Å². The summed E-state index contributed by atoms with van der Waals surface area (Å²) in [5.41, 5.74) is 11.1. The van der Waals surface area contributed by atoms with Gasteiger partial charge in [0.15, 0.2) is 17.5 Å².